The van der Waals surface area contributed by atoms with E-state index in [4.69, 9.17) is 5.11 Å². The fourth-order valence-electron chi connectivity index (χ4n) is 2.16. The highest BCUT2D eigenvalue weighted by molar-refractivity contribution is 5.66. The summed E-state index contributed by atoms with van der Waals surface area (Å²) in [6, 6.07) is 0.868. The Morgan fingerprint density at radius 2 is 2.29 bits per heavy atom. The number of amides is 1. The molecule has 0 spiro atoms. The number of hydrogen-bond donors (Lipinski definition) is 3. The molecule has 1 aliphatic heterocycles. The van der Waals surface area contributed by atoms with Crippen LogP contribution in [0.1, 0.15) is 23.7 Å². The average Bonchev–Trinajstić information content (AvgIpc) is 2.60. The quantitative estimate of drug-likeness (QED) is 0.663. The number of aromatic nitrogens is 1. The largest absolute Gasteiger partial charge is 0.465 e. The van der Waals surface area contributed by atoms with Crippen LogP contribution in [0.3, 0.4) is 0 Å². The molecule has 6 heteroatoms. The Bertz CT molecular complexity index is 496. The van der Waals surface area contributed by atoms with Crippen LogP contribution in [0.5, 0.6) is 0 Å². The van der Waals surface area contributed by atoms with Crippen LogP contribution in [0, 0.1) is 6.92 Å². The molecule has 0 aliphatic carbocycles. The maximum atomic E-state index is 11.8. The van der Waals surface area contributed by atoms with E-state index in [1.807, 2.05) is 0 Å². The first-order chi connectivity index (χ1) is 7.99. The SMILES string of the molecule is Cc1cc(=O)c(C2C[C@@H](O)CN2C(=O)O)c[nH]1. The van der Waals surface area contributed by atoms with Crippen LogP contribution < -0.4 is 5.43 Å². The molecule has 92 valence electrons. The maximum Gasteiger partial charge on any atom is 0.407 e. The highest BCUT2D eigenvalue weighted by Gasteiger charge is 2.36. The van der Waals surface area contributed by atoms with Crippen molar-refractivity contribution in [2.45, 2.75) is 25.5 Å². The van der Waals surface area contributed by atoms with E-state index < -0.39 is 18.2 Å². The first-order valence-corrected chi connectivity index (χ1v) is 5.36. The molecule has 1 amide bonds. The van der Waals surface area contributed by atoms with Crippen molar-refractivity contribution in [3.8, 4) is 0 Å². The van der Waals surface area contributed by atoms with Gasteiger partial charge in [-0.25, -0.2) is 4.79 Å². The Morgan fingerprint density at radius 3 is 2.88 bits per heavy atom. The second-order valence-electron chi connectivity index (χ2n) is 4.28. The first-order valence-electron chi connectivity index (χ1n) is 5.36. The fourth-order valence-corrected chi connectivity index (χ4v) is 2.16. The van der Waals surface area contributed by atoms with Gasteiger partial charge in [0.1, 0.15) is 0 Å². The van der Waals surface area contributed by atoms with Gasteiger partial charge in [-0.3, -0.25) is 9.69 Å². The molecule has 0 bridgehead atoms. The molecule has 1 aromatic heterocycles. The summed E-state index contributed by atoms with van der Waals surface area (Å²) < 4.78 is 0. The molecule has 2 heterocycles. The molecule has 1 unspecified atom stereocenters. The van der Waals surface area contributed by atoms with Crippen molar-refractivity contribution >= 4 is 6.09 Å². The lowest BCUT2D eigenvalue weighted by atomic mass is 10.1. The topological polar surface area (TPSA) is 93.6 Å². The summed E-state index contributed by atoms with van der Waals surface area (Å²) >= 11 is 0. The summed E-state index contributed by atoms with van der Waals surface area (Å²) in [5, 5.41) is 18.5. The predicted octanol–water partition coefficient (Wildman–Crippen LogP) is 0.469. The number of nitrogens with zero attached hydrogens (tertiary/aromatic N) is 1. The van der Waals surface area contributed by atoms with Crippen LogP contribution in [0.4, 0.5) is 4.79 Å². The summed E-state index contributed by atoms with van der Waals surface area (Å²) in [5.41, 5.74) is 0.903. The minimum absolute atomic E-state index is 0.0489. The minimum atomic E-state index is -1.12. The Kier molecular flexibility index (Phi) is 2.89. The predicted molar refractivity (Wildman–Crippen MR) is 59.9 cm³/mol. The van der Waals surface area contributed by atoms with Gasteiger partial charge in [0.2, 0.25) is 0 Å². The third-order valence-electron chi connectivity index (χ3n) is 2.97. The second-order valence-corrected chi connectivity index (χ2v) is 4.28. The molecule has 1 saturated heterocycles. The summed E-state index contributed by atoms with van der Waals surface area (Å²) in [5.74, 6) is 0. The molecule has 0 saturated carbocycles. The minimum Gasteiger partial charge on any atom is -0.465 e. The number of nitrogens with one attached hydrogen (secondary N) is 1. The third-order valence-corrected chi connectivity index (χ3v) is 2.97. The lowest BCUT2D eigenvalue weighted by Crippen LogP contribution is -2.32. The Labute approximate surface area is 97.5 Å². The summed E-state index contributed by atoms with van der Waals surface area (Å²) in [6.45, 7) is 1.80. The zero-order valence-electron chi connectivity index (χ0n) is 9.38. The number of hydrogen-bond acceptors (Lipinski definition) is 3. The number of carboxylic acid groups (broad SMARTS) is 1. The van der Waals surface area contributed by atoms with Gasteiger partial charge in [0.25, 0.3) is 0 Å². The second kappa shape index (κ2) is 4.21. The van der Waals surface area contributed by atoms with E-state index in [9.17, 15) is 14.7 Å². The van der Waals surface area contributed by atoms with Crippen molar-refractivity contribution < 1.29 is 15.0 Å². The summed E-state index contributed by atoms with van der Waals surface area (Å²) in [6.07, 6.45) is -0.0438. The van der Waals surface area contributed by atoms with Gasteiger partial charge in [-0.1, -0.05) is 0 Å². The van der Waals surface area contributed by atoms with Crippen molar-refractivity contribution in [3.63, 3.8) is 0 Å². The molecule has 17 heavy (non-hydrogen) atoms. The Balaban J connectivity index is 2.38. The number of aryl methyl sites for hydroxylation is 1. The Morgan fingerprint density at radius 1 is 1.59 bits per heavy atom. The normalized spacial score (nSPS) is 24.0. The maximum absolute atomic E-state index is 11.8. The smallest absolute Gasteiger partial charge is 0.407 e. The van der Waals surface area contributed by atoms with E-state index in [0.29, 0.717) is 5.56 Å². The van der Waals surface area contributed by atoms with E-state index in [2.05, 4.69) is 4.98 Å². The van der Waals surface area contributed by atoms with Gasteiger partial charge in [-0.15, -0.1) is 0 Å². The van der Waals surface area contributed by atoms with Crippen LogP contribution in [-0.2, 0) is 0 Å². The van der Waals surface area contributed by atoms with Crippen molar-refractivity contribution in [2.75, 3.05) is 6.54 Å². The van der Waals surface area contributed by atoms with Gasteiger partial charge in [0, 0.05) is 23.5 Å². The molecule has 3 N–H and O–H groups in total. The van der Waals surface area contributed by atoms with Gasteiger partial charge < -0.3 is 15.2 Å². The monoisotopic (exact) mass is 238 g/mol. The van der Waals surface area contributed by atoms with E-state index >= 15 is 0 Å². The lowest BCUT2D eigenvalue weighted by molar-refractivity contribution is 0.131. The van der Waals surface area contributed by atoms with Crippen LogP contribution in [0.15, 0.2) is 17.1 Å². The van der Waals surface area contributed by atoms with E-state index in [0.717, 1.165) is 10.6 Å². The highest BCUT2D eigenvalue weighted by Crippen LogP contribution is 2.30. The van der Waals surface area contributed by atoms with Gasteiger partial charge in [0.15, 0.2) is 5.43 Å². The van der Waals surface area contributed by atoms with Gasteiger partial charge in [0.05, 0.1) is 18.7 Å². The van der Waals surface area contributed by atoms with Crippen molar-refractivity contribution in [2.24, 2.45) is 0 Å². The Hall–Kier alpha value is -1.82. The number of pyridine rings is 1. The van der Waals surface area contributed by atoms with Crippen LogP contribution >= 0.6 is 0 Å². The molecule has 1 aromatic rings. The third kappa shape index (κ3) is 2.16. The highest BCUT2D eigenvalue weighted by atomic mass is 16.4. The number of carbonyl (C=O) groups is 1. The van der Waals surface area contributed by atoms with Gasteiger partial charge >= 0.3 is 6.09 Å². The molecular weight excluding hydrogens is 224 g/mol. The standard InChI is InChI=1S/C11H14N2O4/c1-6-2-10(15)8(4-12-6)9-3-7(14)5-13(9)11(16)17/h2,4,7,9,14H,3,5H2,1H3,(H,12,15)(H,16,17)/t7-,9?/m1/s1. The first kappa shape index (κ1) is 11.7. The molecule has 1 aliphatic rings. The van der Waals surface area contributed by atoms with E-state index in [-0.39, 0.29) is 18.4 Å². The van der Waals surface area contributed by atoms with Gasteiger partial charge in [-0.05, 0) is 13.3 Å². The van der Waals surface area contributed by atoms with Crippen molar-refractivity contribution in [1.82, 2.24) is 9.88 Å². The summed E-state index contributed by atoms with van der Waals surface area (Å²) in [4.78, 5) is 26.8. The number of aliphatic hydroxyl groups is 1. The number of aliphatic hydroxyl groups excluding tert-OH is 1. The fraction of sp³-hybridized carbons (Fsp3) is 0.455. The number of likely N-dealkylation sites (tertiary alicyclic amines) is 1. The number of rotatable bonds is 1. The number of aromatic amines is 1. The van der Waals surface area contributed by atoms with Crippen molar-refractivity contribution in [3.05, 3.63) is 33.7 Å². The molecule has 0 radical (unpaired) electrons. The summed E-state index contributed by atoms with van der Waals surface area (Å²) in [7, 11) is 0. The van der Waals surface area contributed by atoms with E-state index in [1.54, 1.807) is 6.92 Å². The van der Waals surface area contributed by atoms with Crippen LogP contribution in [-0.4, -0.2) is 38.8 Å². The molecule has 6 nitrogen and oxygen atoms in total. The van der Waals surface area contributed by atoms with Crippen LogP contribution in [0.2, 0.25) is 0 Å². The zero-order valence-corrected chi connectivity index (χ0v) is 9.38. The molecule has 2 atom stereocenters. The molecular formula is C11H14N2O4. The zero-order chi connectivity index (χ0) is 12.6. The molecule has 2 rings (SSSR count). The number of H-pyrrole nitrogens is 1. The van der Waals surface area contributed by atoms with E-state index in [1.165, 1.54) is 12.3 Å². The molecule has 0 aromatic carbocycles. The molecule has 1 fully saturated rings. The van der Waals surface area contributed by atoms with Gasteiger partial charge in [-0.2, -0.15) is 0 Å². The average molecular weight is 238 g/mol. The lowest BCUT2D eigenvalue weighted by Gasteiger charge is -2.20. The van der Waals surface area contributed by atoms with Crippen molar-refractivity contribution in [1.29, 1.82) is 0 Å². The number of β-amino-alcohol motifs (C(OH)–C–C–N with tert-alkyl or cyclic N) is 1. The van der Waals surface area contributed by atoms with Crippen LogP contribution in [0.25, 0.3) is 0 Å².